The summed E-state index contributed by atoms with van der Waals surface area (Å²) < 4.78 is 18.6. The summed E-state index contributed by atoms with van der Waals surface area (Å²) in [6.07, 6.45) is 1.66. The number of nitrogens with one attached hydrogen (secondary N) is 1. The van der Waals surface area contributed by atoms with Gasteiger partial charge in [0.05, 0.1) is 19.0 Å². The van der Waals surface area contributed by atoms with E-state index < -0.39 is 0 Å². The summed E-state index contributed by atoms with van der Waals surface area (Å²) >= 11 is 5.89. The van der Waals surface area contributed by atoms with Crippen molar-refractivity contribution in [3.63, 3.8) is 0 Å². The molecule has 0 radical (unpaired) electrons. The molecule has 3 nitrogen and oxygen atoms in total. The third-order valence-corrected chi connectivity index (χ3v) is 3.47. The van der Waals surface area contributed by atoms with Crippen LogP contribution in [0.25, 0.3) is 0 Å². The number of ether oxygens (including phenoxy) is 1. The Labute approximate surface area is 122 Å². The number of anilines is 1. The average Bonchev–Trinajstić information content (AvgIpc) is 2.42. The van der Waals surface area contributed by atoms with Gasteiger partial charge in [-0.05, 0) is 43.2 Å². The summed E-state index contributed by atoms with van der Waals surface area (Å²) in [5.74, 6) is -0.131. The van der Waals surface area contributed by atoms with Gasteiger partial charge in [-0.25, -0.2) is 9.37 Å². The number of pyridine rings is 1. The molecule has 1 N–H and O–H groups in total. The molecule has 20 heavy (non-hydrogen) atoms. The SMILES string of the molecule is COc1ccc(C(C)Nc2cnc(Cl)c(C)c2)cc1F. The Kier molecular flexibility index (Phi) is 4.45. The van der Waals surface area contributed by atoms with Gasteiger partial charge in [-0.2, -0.15) is 0 Å². The predicted molar refractivity (Wildman–Crippen MR) is 79.0 cm³/mol. The molecule has 0 bridgehead atoms. The van der Waals surface area contributed by atoms with Crippen LogP contribution in [0, 0.1) is 12.7 Å². The fourth-order valence-corrected chi connectivity index (χ4v) is 2.03. The van der Waals surface area contributed by atoms with Crippen molar-refractivity contribution in [3.05, 3.63) is 52.6 Å². The Morgan fingerprint density at radius 2 is 2.10 bits per heavy atom. The fourth-order valence-electron chi connectivity index (χ4n) is 1.92. The number of hydrogen-bond acceptors (Lipinski definition) is 3. The minimum atomic E-state index is -0.371. The van der Waals surface area contributed by atoms with Crippen LogP contribution in [-0.4, -0.2) is 12.1 Å². The zero-order valence-electron chi connectivity index (χ0n) is 11.6. The van der Waals surface area contributed by atoms with E-state index in [1.165, 1.54) is 13.2 Å². The molecule has 1 atom stereocenters. The van der Waals surface area contributed by atoms with E-state index in [1.54, 1.807) is 12.3 Å². The number of benzene rings is 1. The molecule has 5 heteroatoms. The second-order valence-corrected chi connectivity index (χ2v) is 4.95. The molecule has 0 saturated heterocycles. The smallest absolute Gasteiger partial charge is 0.165 e. The molecule has 0 aliphatic carbocycles. The highest BCUT2D eigenvalue weighted by Crippen LogP contribution is 2.25. The van der Waals surface area contributed by atoms with Crippen molar-refractivity contribution in [1.29, 1.82) is 0 Å². The quantitative estimate of drug-likeness (QED) is 0.851. The largest absolute Gasteiger partial charge is 0.494 e. The maximum Gasteiger partial charge on any atom is 0.165 e. The number of aryl methyl sites for hydroxylation is 1. The van der Waals surface area contributed by atoms with Crippen LogP contribution in [0.2, 0.25) is 5.15 Å². The number of nitrogens with zero attached hydrogens (tertiary/aromatic N) is 1. The standard InChI is InChI=1S/C15H16ClFN2O/c1-9-6-12(8-18-15(9)16)19-10(2)11-4-5-14(20-3)13(17)7-11/h4-8,10,19H,1-3H3. The monoisotopic (exact) mass is 294 g/mol. The molecule has 0 aliphatic rings. The molecular formula is C15H16ClFN2O. The average molecular weight is 295 g/mol. The summed E-state index contributed by atoms with van der Waals surface area (Å²) in [7, 11) is 1.45. The molecule has 2 rings (SSSR count). The van der Waals surface area contributed by atoms with Gasteiger partial charge in [-0.3, -0.25) is 0 Å². The van der Waals surface area contributed by atoms with Gasteiger partial charge in [-0.1, -0.05) is 17.7 Å². The van der Waals surface area contributed by atoms with E-state index in [1.807, 2.05) is 26.0 Å². The molecule has 2 aromatic rings. The van der Waals surface area contributed by atoms with E-state index in [0.29, 0.717) is 5.15 Å². The van der Waals surface area contributed by atoms with E-state index in [2.05, 4.69) is 10.3 Å². The Bertz CT molecular complexity index is 619. The van der Waals surface area contributed by atoms with Gasteiger partial charge in [0.25, 0.3) is 0 Å². The number of hydrogen-bond donors (Lipinski definition) is 1. The van der Waals surface area contributed by atoms with Crippen LogP contribution in [0.3, 0.4) is 0 Å². The van der Waals surface area contributed by atoms with E-state index >= 15 is 0 Å². The second-order valence-electron chi connectivity index (χ2n) is 4.59. The maximum atomic E-state index is 13.7. The van der Waals surface area contributed by atoms with E-state index in [0.717, 1.165) is 16.8 Å². The molecule has 0 fully saturated rings. The van der Waals surface area contributed by atoms with Crippen LogP contribution in [0.15, 0.2) is 30.5 Å². The topological polar surface area (TPSA) is 34.1 Å². The molecule has 0 aliphatic heterocycles. The summed E-state index contributed by atoms with van der Waals surface area (Å²) in [4.78, 5) is 4.08. The maximum absolute atomic E-state index is 13.7. The molecule has 0 spiro atoms. The molecular weight excluding hydrogens is 279 g/mol. The molecule has 1 heterocycles. The first-order chi connectivity index (χ1) is 9.51. The zero-order chi connectivity index (χ0) is 14.7. The van der Waals surface area contributed by atoms with Crippen molar-refractivity contribution >= 4 is 17.3 Å². The Morgan fingerprint density at radius 3 is 2.70 bits per heavy atom. The van der Waals surface area contributed by atoms with Crippen LogP contribution in [0.5, 0.6) is 5.75 Å². The lowest BCUT2D eigenvalue weighted by molar-refractivity contribution is 0.386. The Balaban J connectivity index is 2.17. The highest BCUT2D eigenvalue weighted by atomic mass is 35.5. The van der Waals surface area contributed by atoms with Gasteiger partial charge >= 0.3 is 0 Å². The summed E-state index contributed by atoms with van der Waals surface area (Å²) in [6.45, 7) is 3.84. The van der Waals surface area contributed by atoms with Crippen LogP contribution < -0.4 is 10.1 Å². The molecule has 106 valence electrons. The zero-order valence-corrected chi connectivity index (χ0v) is 12.3. The number of rotatable bonds is 4. The van der Waals surface area contributed by atoms with Gasteiger partial charge < -0.3 is 10.1 Å². The van der Waals surface area contributed by atoms with E-state index in [9.17, 15) is 4.39 Å². The van der Waals surface area contributed by atoms with Crippen molar-refractivity contribution in [1.82, 2.24) is 4.98 Å². The number of methoxy groups -OCH3 is 1. The van der Waals surface area contributed by atoms with Crippen LogP contribution >= 0.6 is 11.6 Å². The molecule has 1 aromatic heterocycles. The molecule has 0 amide bonds. The van der Waals surface area contributed by atoms with Crippen molar-refractivity contribution in [2.24, 2.45) is 0 Å². The minimum Gasteiger partial charge on any atom is -0.494 e. The first kappa shape index (κ1) is 14.6. The van der Waals surface area contributed by atoms with Crippen LogP contribution in [-0.2, 0) is 0 Å². The highest BCUT2D eigenvalue weighted by molar-refractivity contribution is 6.30. The lowest BCUT2D eigenvalue weighted by Crippen LogP contribution is -2.07. The third kappa shape index (κ3) is 3.20. The normalized spacial score (nSPS) is 12.1. The van der Waals surface area contributed by atoms with Crippen molar-refractivity contribution in [3.8, 4) is 5.75 Å². The van der Waals surface area contributed by atoms with Gasteiger partial charge in [0.15, 0.2) is 11.6 Å². The predicted octanol–water partition coefficient (Wildman–Crippen LogP) is 4.36. The van der Waals surface area contributed by atoms with Crippen LogP contribution in [0.4, 0.5) is 10.1 Å². The van der Waals surface area contributed by atoms with Gasteiger partial charge in [0.1, 0.15) is 5.15 Å². The molecule has 1 unspecified atom stereocenters. The van der Waals surface area contributed by atoms with E-state index in [4.69, 9.17) is 16.3 Å². The van der Waals surface area contributed by atoms with Gasteiger partial charge in [-0.15, -0.1) is 0 Å². The fraction of sp³-hybridized carbons (Fsp3) is 0.267. The minimum absolute atomic E-state index is 0.0576. The molecule has 0 saturated carbocycles. The number of halogens is 2. The summed E-state index contributed by atoms with van der Waals surface area (Å²) in [5, 5.41) is 3.75. The lowest BCUT2D eigenvalue weighted by atomic mass is 10.1. The number of aromatic nitrogens is 1. The second kappa shape index (κ2) is 6.09. The first-order valence-corrected chi connectivity index (χ1v) is 6.61. The first-order valence-electron chi connectivity index (χ1n) is 6.23. The Morgan fingerprint density at radius 1 is 1.35 bits per heavy atom. The highest BCUT2D eigenvalue weighted by Gasteiger charge is 2.10. The Hall–Kier alpha value is -1.81. The molecule has 1 aromatic carbocycles. The van der Waals surface area contributed by atoms with E-state index in [-0.39, 0.29) is 17.6 Å². The van der Waals surface area contributed by atoms with Crippen molar-refractivity contribution in [2.45, 2.75) is 19.9 Å². The van der Waals surface area contributed by atoms with Crippen LogP contribution in [0.1, 0.15) is 24.1 Å². The third-order valence-electron chi connectivity index (χ3n) is 3.07. The van der Waals surface area contributed by atoms with Gasteiger partial charge in [0, 0.05) is 6.04 Å². The van der Waals surface area contributed by atoms with Crippen molar-refractivity contribution in [2.75, 3.05) is 12.4 Å². The summed E-state index contributed by atoms with van der Waals surface area (Å²) in [6, 6.07) is 6.76. The van der Waals surface area contributed by atoms with Crippen molar-refractivity contribution < 1.29 is 9.13 Å². The lowest BCUT2D eigenvalue weighted by Gasteiger charge is -2.16. The summed E-state index contributed by atoms with van der Waals surface area (Å²) in [5.41, 5.74) is 2.57. The van der Waals surface area contributed by atoms with Gasteiger partial charge in [0.2, 0.25) is 0 Å².